The number of primary amides is 1. The van der Waals surface area contributed by atoms with Crippen molar-refractivity contribution >= 4 is 23.4 Å². The van der Waals surface area contributed by atoms with Gasteiger partial charge in [-0.05, 0) is 25.0 Å². The zero-order valence-corrected chi connectivity index (χ0v) is 14.4. The molecule has 1 aliphatic carbocycles. The van der Waals surface area contributed by atoms with E-state index < -0.39 is 5.91 Å². The summed E-state index contributed by atoms with van der Waals surface area (Å²) in [5.41, 5.74) is 6.03. The Morgan fingerprint density at radius 2 is 1.76 bits per heavy atom. The number of benzene rings is 1. The lowest BCUT2D eigenvalue weighted by atomic mass is 10.1. The van der Waals surface area contributed by atoms with Crippen LogP contribution in [0.3, 0.4) is 0 Å². The minimum Gasteiger partial charge on any atom is -0.366 e. The van der Waals surface area contributed by atoms with Gasteiger partial charge in [0.05, 0.1) is 17.2 Å². The summed E-state index contributed by atoms with van der Waals surface area (Å²) in [6, 6.07) is 6.93. The molecule has 0 radical (unpaired) electrons. The number of hydrogen-bond donors (Lipinski definition) is 2. The number of para-hydroxylation sites is 1. The lowest BCUT2D eigenvalue weighted by molar-refractivity contribution is -0.130. The van der Waals surface area contributed by atoms with E-state index in [1.165, 1.54) is 12.8 Å². The Morgan fingerprint density at radius 3 is 2.44 bits per heavy atom. The molecular formula is C19H25N3O3. The van der Waals surface area contributed by atoms with Crippen LogP contribution in [-0.2, 0) is 9.59 Å². The summed E-state index contributed by atoms with van der Waals surface area (Å²) in [4.78, 5) is 38.4. The molecule has 3 rings (SSSR count). The van der Waals surface area contributed by atoms with Gasteiger partial charge >= 0.3 is 0 Å². The van der Waals surface area contributed by atoms with Gasteiger partial charge in [0.15, 0.2) is 0 Å². The molecule has 2 fully saturated rings. The molecule has 0 spiro atoms. The van der Waals surface area contributed by atoms with Gasteiger partial charge < -0.3 is 16.0 Å². The lowest BCUT2D eigenvalue weighted by Crippen LogP contribution is -2.37. The summed E-state index contributed by atoms with van der Waals surface area (Å²) >= 11 is 0. The molecule has 134 valence electrons. The summed E-state index contributed by atoms with van der Waals surface area (Å²) in [5, 5.41) is 2.77. The number of rotatable bonds is 4. The highest BCUT2D eigenvalue weighted by Gasteiger charge is 2.38. The number of anilines is 1. The van der Waals surface area contributed by atoms with Crippen molar-refractivity contribution in [1.82, 2.24) is 4.90 Å². The number of carbonyl (C=O) groups is 3. The van der Waals surface area contributed by atoms with Crippen LogP contribution in [0, 0.1) is 5.92 Å². The topological polar surface area (TPSA) is 92.5 Å². The minimum absolute atomic E-state index is 0.0650. The smallest absolute Gasteiger partial charge is 0.250 e. The maximum Gasteiger partial charge on any atom is 0.250 e. The third-order valence-electron chi connectivity index (χ3n) is 5.25. The standard InChI is InChI=1S/C19H25N3O3/c20-18(24)15-9-5-6-10-16(15)21-19(25)13-11-17(23)22(12-13)14-7-3-1-2-4-8-14/h5-6,9-10,13-14H,1-4,7-8,11-12H2,(H2,20,24)(H,21,25)/t13-/m0/s1. The minimum atomic E-state index is -0.585. The van der Waals surface area contributed by atoms with Crippen molar-refractivity contribution in [3.8, 4) is 0 Å². The Bertz CT molecular complexity index is 666. The van der Waals surface area contributed by atoms with E-state index in [1.54, 1.807) is 24.3 Å². The van der Waals surface area contributed by atoms with Crippen molar-refractivity contribution in [3.05, 3.63) is 29.8 Å². The zero-order chi connectivity index (χ0) is 17.8. The number of amides is 3. The number of nitrogens with two attached hydrogens (primary N) is 1. The van der Waals surface area contributed by atoms with Crippen LogP contribution < -0.4 is 11.1 Å². The number of likely N-dealkylation sites (tertiary alicyclic amines) is 1. The van der Waals surface area contributed by atoms with E-state index in [0.717, 1.165) is 25.7 Å². The summed E-state index contributed by atoms with van der Waals surface area (Å²) in [5.74, 6) is -1.12. The fourth-order valence-electron chi connectivity index (χ4n) is 3.87. The van der Waals surface area contributed by atoms with E-state index in [9.17, 15) is 14.4 Å². The van der Waals surface area contributed by atoms with Crippen molar-refractivity contribution in [1.29, 1.82) is 0 Å². The largest absolute Gasteiger partial charge is 0.366 e. The third-order valence-corrected chi connectivity index (χ3v) is 5.25. The van der Waals surface area contributed by atoms with Gasteiger partial charge in [-0.1, -0.05) is 37.8 Å². The monoisotopic (exact) mass is 343 g/mol. The Labute approximate surface area is 147 Å². The predicted octanol–water partition coefficient (Wildman–Crippen LogP) is 2.30. The summed E-state index contributed by atoms with van der Waals surface area (Å²) in [6.07, 6.45) is 7.06. The van der Waals surface area contributed by atoms with E-state index in [4.69, 9.17) is 5.73 Å². The second-order valence-electron chi connectivity index (χ2n) is 6.99. The molecule has 6 heteroatoms. The molecule has 3 amide bonds. The van der Waals surface area contributed by atoms with Crippen molar-refractivity contribution in [2.45, 2.75) is 51.0 Å². The molecule has 0 bridgehead atoms. The highest BCUT2D eigenvalue weighted by molar-refractivity contribution is 6.04. The van der Waals surface area contributed by atoms with Gasteiger partial charge in [-0.3, -0.25) is 14.4 Å². The van der Waals surface area contributed by atoms with Crippen LogP contribution in [0.1, 0.15) is 55.3 Å². The second-order valence-corrected chi connectivity index (χ2v) is 6.99. The van der Waals surface area contributed by atoms with E-state index >= 15 is 0 Å². The van der Waals surface area contributed by atoms with Crippen molar-refractivity contribution in [2.75, 3.05) is 11.9 Å². The van der Waals surface area contributed by atoms with Gasteiger partial charge in [-0.2, -0.15) is 0 Å². The van der Waals surface area contributed by atoms with Crippen molar-refractivity contribution < 1.29 is 14.4 Å². The molecule has 1 aromatic carbocycles. The highest BCUT2D eigenvalue weighted by atomic mass is 16.2. The molecule has 25 heavy (non-hydrogen) atoms. The molecule has 6 nitrogen and oxygen atoms in total. The molecule has 3 N–H and O–H groups in total. The normalized spacial score (nSPS) is 21.8. The van der Waals surface area contributed by atoms with E-state index in [1.807, 2.05) is 4.90 Å². The molecule has 1 aliphatic heterocycles. The molecule has 2 aliphatic rings. The van der Waals surface area contributed by atoms with E-state index in [-0.39, 0.29) is 35.8 Å². The van der Waals surface area contributed by atoms with Crippen LogP contribution in [-0.4, -0.2) is 35.2 Å². The van der Waals surface area contributed by atoms with Crippen LogP contribution in [0.5, 0.6) is 0 Å². The first kappa shape index (κ1) is 17.5. The van der Waals surface area contributed by atoms with Gasteiger partial charge in [0, 0.05) is 19.0 Å². The number of nitrogens with one attached hydrogen (secondary N) is 1. The maximum absolute atomic E-state index is 12.6. The number of hydrogen-bond acceptors (Lipinski definition) is 3. The summed E-state index contributed by atoms with van der Waals surface area (Å²) < 4.78 is 0. The average Bonchev–Trinajstić information content (AvgIpc) is 2.81. The van der Waals surface area contributed by atoms with Gasteiger partial charge in [0.1, 0.15) is 0 Å². The zero-order valence-electron chi connectivity index (χ0n) is 14.4. The lowest BCUT2D eigenvalue weighted by Gasteiger charge is -2.27. The Morgan fingerprint density at radius 1 is 1.08 bits per heavy atom. The van der Waals surface area contributed by atoms with Crippen molar-refractivity contribution in [2.24, 2.45) is 11.7 Å². The fraction of sp³-hybridized carbons (Fsp3) is 0.526. The average molecular weight is 343 g/mol. The molecule has 1 aromatic rings. The van der Waals surface area contributed by atoms with Gasteiger partial charge in [-0.15, -0.1) is 0 Å². The van der Waals surface area contributed by atoms with Crippen LogP contribution >= 0.6 is 0 Å². The molecule has 1 atom stereocenters. The van der Waals surface area contributed by atoms with E-state index in [0.29, 0.717) is 12.2 Å². The first-order chi connectivity index (χ1) is 12.1. The predicted molar refractivity (Wildman–Crippen MR) is 94.9 cm³/mol. The van der Waals surface area contributed by atoms with Gasteiger partial charge in [-0.25, -0.2) is 0 Å². The summed E-state index contributed by atoms with van der Waals surface area (Å²) in [7, 11) is 0. The highest BCUT2D eigenvalue weighted by Crippen LogP contribution is 2.29. The Balaban J connectivity index is 1.66. The van der Waals surface area contributed by atoms with Crippen LogP contribution in [0.4, 0.5) is 5.69 Å². The molecule has 0 unspecified atom stereocenters. The van der Waals surface area contributed by atoms with Gasteiger partial charge in [0.2, 0.25) is 11.8 Å². The van der Waals surface area contributed by atoms with E-state index in [2.05, 4.69) is 5.32 Å². The summed E-state index contributed by atoms with van der Waals surface area (Å²) in [6.45, 7) is 0.466. The number of nitrogens with zero attached hydrogens (tertiary/aromatic N) is 1. The first-order valence-corrected chi connectivity index (χ1v) is 9.05. The molecule has 1 saturated heterocycles. The SMILES string of the molecule is NC(=O)c1ccccc1NC(=O)[C@H]1CC(=O)N(C2CCCCCC2)C1. The van der Waals surface area contributed by atoms with Gasteiger partial charge in [0.25, 0.3) is 5.91 Å². The molecule has 0 aromatic heterocycles. The molecule has 1 saturated carbocycles. The number of carbonyl (C=O) groups excluding carboxylic acids is 3. The third kappa shape index (κ3) is 4.00. The molecule has 1 heterocycles. The Hall–Kier alpha value is -2.37. The van der Waals surface area contributed by atoms with Crippen LogP contribution in [0.15, 0.2) is 24.3 Å². The van der Waals surface area contributed by atoms with Crippen molar-refractivity contribution in [3.63, 3.8) is 0 Å². The van der Waals surface area contributed by atoms with Crippen LogP contribution in [0.2, 0.25) is 0 Å². The first-order valence-electron chi connectivity index (χ1n) is 9.05. The second kappa shape index (κ2) is 7.68. The maximum atomic E-state index is 12.6. The quantitative estimate of drug-likeness (QED) is 0.822. The van der Waals surface area contributed by atoms with Crippen LogP contribution in [0.25, 0.3) is 0 Å². The molecular weight excluding hydrogens is 318 g/mol. The fourth-order valence-corrected chi connectivity index (χ4v) is 3.87. The Kier molecular flexibility index (Phi) is 5.36.